The molecule has 0 spiro atoms. The monoisotopic (exact) mass is 359 g/mol. The lowest BCUT2D eigenvalue weighted by atomic mass is 10.2. The fourth-order valence-corrected chi connectivity index (χ4v) is 2.38. The summed E-state index contributed by atoms with van der Waals surface area (Å²) in [6.45, 7) is 8.71. The summed E-state index contributed by atoms with van der Waals surface area (Å²) in [7, 11) is 0. The number of nitrogens with zero attached hydrogens (tertiary/aromatic N) is 1. The molecule has 0 atom stereocenters. The highest BCUT2D eigenvalue weighted by Crippen LogP contribution is 2.05. The lowest BCUT2D eigenvalue weighted by Crippen LogP contribution is -2.29. The first kappa shape index (κ1) is 23.4. The van der Waals surface area contributed by atoms with Gasteiger partial charge in [-0.3, -0.25) is 14.4 Å². The standard InChI is InChI=1S/C18H33NO6/c1-4-23-16(20)10-7-13-19(14-8-11-17(21)24-5-2)15-9-12-18(22)25-6-3/h4-15H2,1-3H3. The number of carbonyl (C=O) groups excluding carboxylic acids is 3. The van der Waals surface area contributed by atoms with Gasteiger partial charge in [0.2, 0.25) is 0 Å². The molecule has 0 fully saturated rings. The number of esters is 3. The molecule has 0 aliphatic carbocycles. The van der Waals surface area contributed by atoms with E-state index in [9.17, 15) is 14.4 Å². The second-order valence-electron chi connectivity index (χ2n) is 5.57. The van der Waals surface area contributed by atoms with Crippen LogP contribution < -0.4 is 0 Å². The lowest BCUT2D eigenvalue weighted by Gasteiger charge is -2.21. The van der Waals surface area contributed by atoms with E-state index in [-0.39, 0.29) is 17.9 Å². The Balaban J connectivity index is 4.17. The van der Waals surface area contributed by atoms with Crippen molar-refractivity contribution in [1.82, 2.24) is 4.90 Å². The Bertz CT molecular complexity index is 329. The average Bonchev–Trinajstić information content (AvgIpc) is 2.55. The fourth-order valence-electron chi connectivity index (χ4n) is 2.38. The van der Waals surface area contributed by atoms with Gasteiger partial charge in [0.25, 0.3) is 0 Å². The van der Waals surface area contributed by atoms with Crippen LogP contribution in [0.3, 0.4) is 0 Å². The molecule has 0 aromatic heterocycles. The van der Waals surface area contributed by atoms with Crippen molar-refractivity contribution < 1.29 is 28.6 Å². The molecule has 0 bridgehead atoms. The fraction of sp³-hybridized carbons (Fsp3) is 0.833. The van der Waals surface area contributed by atoms with Crippen molar-refractivity contribution in [3.05, 3.63) is 0 Å². The van der Waals surface area contributed by atoms with Crippen molar-refractivity contribution in [1.29, 1.82) is 0 Å². The SMILES string of the molecule is CCOC(=O)CCCN(CCCC(=O)OCC)CCCC(=O)OCC. The second kappa shape index (κ2) is 15.9. The molecule has 0 aliphatic heterocycles. The Hall–Kier alpha value is -1.63. The maximum atomic E-state index is 11.4. The number of hydrogen-bond acceptors (Lipinski definition) is 7. The Kier molecular flexibility index (Phi) is 14.8. The molecular formula is C18H33NO6. The minimum atomic E-state index is -0.194. The highest BCUT2D eigenvalue weighted by molar-refractivity contribution is 5.69. The highest BCUT2D eigenvalue weighted by atomic mass is 16.5. The van der Waals surface area contributed by atoms with Gasteiger partial charge in [-0.05, 0) is 59.7 Å². The van der Waals surface area contributed by atoms with E-state index < -0.39 is 0 Å². The summed E-state index contributed by atoms with van der Waals surface area (Å²) < 4.78 is 14.8. The first-order valence-electron chi connectivity index (χ1n) is 9.22. The first-order chi connectivity index (χ1) is 12.0. The Labute approximate surface area is 151 Å². The zero-order chi connectivity index (χ0) is 18.9. The molecule has 146 valence electrons. The molecule has 0 saturated carbocycles. The number of rotatable bonds is 15. The van der Waals surface area contributed by atoms with Gasteiger partial charge in [-0.1, -0.05) is 0 Å². The Morgan fingerprint density at radius 2 is 0.880 bits per heavy atom. The molecule has 0 saturated heterocycles. The van der Waals surface area contributed by atoms with Gasteiger partial charge in [-0.2, -0.15) is 0 Å². The minimum Gasteiger partial charge on any atom is -0.466 e. The largest absolute Gasteiger partial charge is 0.466 e. The van der Waals surface area contributed by atoms with Crippen LogP contribution in [0.4, 0.5) is 0 Å². The van der Waals surface area contributed by atoms with Gasteiger partial charge >= 0.3 is 17.9 Å². The summed E-state index contributed by atoms with van der Waals surface area (Å²) >= 11 is 0. The topological polar surface area (TPSA) is 82.1 Å². The minimum absolute atomic E-state index is 0.194. The van der Waals surface area contributed by atoms with Gasteiger partial charge in [-0.25, -0.2) is 0 Å². The van der Waals surface area contributed by atoms with Crippen molar-refractivity contribution in [3.8, 4) is 0 Å². The summed E-state index contributed by atoms with van der Waals surface area (Å²) in [6, 6.07) is 0. The van der Waals surface area contributed by atoms with Crippen LogP contribution in [0.25, 0.3) is 0 Å². The summed E-state index contributed by atoms with van der Waals surface area (Å²) in [5, 5.41) is 0. The highest BCUT2D eigenvalue weighted by Gasteiger charge is 2.10. The zero-order valence-electron chi connectivity index (χ0n) is 15.9. The third kappa shape index (κ3) is 14.4. The summed E-state index contributed by atoms with van der Waals surface area (Å²) in [5.41, 5.74) is 0. The van der Waals surface area contributed by atoms with Gasteiger partial charge in [0.05, 0.1) is 19.8 Å². The zero-order valence-corrected chi connectivity index (χ0v) is 15.9. The molecule has 0 radical (unpaired) electrons. The third-order valence-corrected chi connectivity index (χ3v) is 3.48. The maximum Gasteiger partial charge on any atom is 0.305 e. The second-order valence-corrected chi connectivity index (χ2v) is 5.57. The van der Waals surface area contributed by atoms with E-state index in [0.29, 0.717) is 58.3 Å². The van der Waals surface area contributed by atoms with E-state index in [0.717, 1.165) is 19.6 Å². The van der Waals surface area contributed by atoms with E-state index >= 15 is 0 Å². The van der Waals surface area contributed by atoms with Crippen molar-refractivity contribution in [3.63, 3.8) is 0 Å². The van der Waals surface area contributed by atoms with E-state index in [1.807, 2.05) is 0 Å². The average molecular weight is 359 g/mol. The Morgan fingerprint density at radius 1 is 0.600 bits per heavy atom. The van der Waals surface area contributed by atoms with Crippen molar-refractivity contribution in [2.45, 2.75) is 59.3 Å². The van der Waals surface area contributed by atoms with Crippen LogP contribution in [-0.4, -0.2) is 62.3 Å². The van der Waals surface area contributed by atoms with Gasteiger partial charge in [0.15, 0.2) is 0 Å². The normalized spacial score (nSPS) is 10.6. The summed E-state index contributed by atoms with van der Waals surface area (Å²) in [6.07, 6.45) is 3.20. The molecule has 0 aliphatic rings. The molecule has 7 nitrogen and oxygen atoms in total. The van der Waals surface area contributed by atoms with Gasteiger partial charge < -0.3 is 19.1 Å². The van der Waals surface area contributed by atoms with Crippen LogP contribution in [0.2, 0.25) is 0 Å². The molecular weight excluding hydrogens is 326 g/mol. The maximum absolute atomic E-state index is 11.4. The van der Waals surface area contributed by atoms with Crippen LogP contribution in [-0.2, 0) is 28.6 Å². The molecule has 0 amide bonds. The first-order valence-corrected chi connectivity index (χ1v) is 9.22. The number of carbonyl (C=O) groups is 3. The Morgan fingerprint density at radius 3 is 1.12 bits per heavy atom. The van der Waals surface area contributed by atoms with Crippen LogP contribution in [0, 0.1) is 0 Å². The van der Waals surface area contributed by atoms with Crippen LogP contribution in [0.5, 0.6) is 0 Å². The van der Waals surface area contributed by atoms with E-state index in [1.54, 1.807) is 20.8 Å². The predicted octanol–water partition coefficient (Wildman–Crippen LogP) is 2.32. The molecule has 0 rings (SSSR count). The van der Waals surface area contributed by atoms with E-state index in [4.69, 9.17) is 14.2 Å². The summed E-state index contributed by atoms with van der Waals surface area (Å²) in [5.74, 6) is -0.582. The molecule has 0 aromatic rings. The smallest absolute Gasteiger partial charge is 0.305 e. The number of hydrogen-bond donors (Lipinski definition) is 0. The van der Waals surface area contributed by atoms with Crippen LogP contribution >= 0.6 is 0 Å². The van der Waals surface area contributed by atoms with Crippen LogP contribution in [0.1, 0.15) is 59.3 Å². The van der Waals surface area contributed by atoms with Crippen molar-refractivity contribution >= 4 is 17.9 Å². The molecule has 25 heavy (non-hydrogen) atoms. The number of ether oxygens (including phenoxy) is 3. The van der Waals surface area contributed by atoms with Gasteiger partial charge in [0, 0.05) is 19.3 Å². The van der Waals surface area contributed by atoms with Crippen molar-refractivity contribution in [2.75, 3.05) is 39.5 Å². The predicted molar refractivity (Wildman–Crippen MR) is 94.0 cm³/mol. The molecule has 0 aromatic carbocycles. The molecule has 7 heteroatoms. The third-order valence-electron chi connectivity index (χ3n) is 3.48. The van der Waals surface area contributed by atoms with Gasteiger partial charge in [-0.15, -0.1) is 0 Å². The van der Waals surface area contributed by atoms with Gasteiger partial charge in [0.1, 0.15) is 0 Å². The van der Waals surface area contributed by atoms with Crippen LogP contribution in [0.15, 0.2) is 0 Å². The lowest BCUT2D eigenvalue weighted by molar-refractivity contribution is -0.144. The van der Waals surface area contributed by atoms with Crippen molar-refractivity contribution in [2.24, 2.45) is 0 Å². The summed E-state index contributed by atoms with van der Waals surface area (Å²) in [4.78, 5) is 36.4. The molecule has 0 unspecified atom stereocenters. The molecule has 0 N–H and O–H groups in total. The van der Waals surface area contributed by atoms with E-state index in [2.05, 4.69) is 4.90 Å². The quantitative estimate of drug-likeness (QED) is 0.328. The molecule has 0 heterocycles. The van der Waals surface area contributed by atoms with E-state index in [1.165, 1.54) is 0 Å².